The number of ether oxygens (including phenoxy) is 1. The van der Waals surface area contributed by atoms with Gasteiger partial charge >= 0.3 is 5.97 Å². The number of rotatable bonds is 6. The quantitative estimate of drug-likeness (QED) is 0.394. The van der Waals surface area contributed by atoms with Gasteiger partial charge in [-0.1, -0.05) is 0 Å². The summed E-state index contributed by atoms with van der Waals surface area (Å²) in [6.07, 6.45) is 2.96. The Hall–Kier alpha value is -1.26. The lowest BCUT2D eigenvalue weighted by atomic mass is 10.4. The van der Waals surface area contributed by atoms with Gasteiger partial charge in [-0.25, -0.2) is 0 Å². The predicted molar refractivity (Wildman–Crippen MR) is 63.3 cm³/mol. The van der Waals surface area contributed by atoms with E-state index < -0.39 is 0 Å². The number of hydrogen-bond acceptors (Lipinski definition) is 3. The van der Waals surface area contributed by atoms with E-state index in [1.165, 1.54) is 20.0 Å². The van der Waals surface area contributed by atoms with Gasteiger partial charge in [-0.15, -0.1) is 0 Å². The molecule has 0 amide bonds. The molecule has 16 heavy (non-hydrogen) atoms. The fourth-order valence-corrected chi connectivity index (χ4v) is 1.25. The second-order valence-corrected chi connectivity index (χ2v) is 3.92. The van der Waals surface area contributed by atoms with Gasteiger partial charge in [0.1, 0.15) is 0 Å². The molecule has 0 aliphatic heterocycles. The summed E-state index contributed by atoms with van der Waals surface area (Å²) in [5, 5.41) is 6.25. The molecule has 0 aromatic rings. The van der Waals surface area contributed by atoms with E-state index in [1.54, 1.807) is 0 Å². The van der Waals surface area contributed by atoms with Crippen LogP contribution in [0.4, 0.5) is 0 Å². The Morgan fingerprint density at radius 2 is 2.19 bits per heavy atom. The van der Waals surface area contributed by atoms with Crippen LogP contribution in [0.3, 0.4) is 0 Å². The topological polar surface area (TPSA) is 62.7 Å². The third-order valence-corrected chi connectivity index (χ3v) is 2.40. The monoisotopic (exact) mass is 227 g/mol. The fourth-order valence-electron chi connectivity index (χ4n) is 1.25. The zero-order chi connectivity index (χ0) is 11.8. The van der Waals surface area contributed by atoms with Gasteiger partial charge in [-0.2, -0.15) is 0 Å². The van der Waals surface area contributed by atoms with Crippen molar-refractivity contribution >= 4 is 11.9 Å². The summed E-state index contributed by atoms with van der Waals surface area (Å²) in [4.78, 5) is 15.3. The summed E-state index contributed by atoms with van der Waals surface area (Å²) in [5.74, 6) is 1.36. The molecule has 0 radical (unpaired) electrons. The number of nitrogens with one attached hydrogen (secondary N) is 2. The van der Waals surface area contributed by atoms with Crippen LogP contribution < -0.4 is 10.6 Å². The lowest BCUT2D eigenvalue weighted by Crippen LogP contribution is -2.38. The van der Waals surface area contributed by atoms with Crippen LogP contribution >= 0.6 is 0 Å². The molecule has 0 heterocycles. The number of nitrogens with zero attached hydrogens (tertiary/aromatic N) is 1. The fraction of sp³-hybridized carbons (Fsp3) is 0.818. The van der Waals surface area contributed by atoms with Gasteiger partial charge in [0.2, 0.25) is 0 Å². The van der Waals surface area contributed by atoms with E-state index in [-0.39, 0.29) is 5.97 Å². The van der Waals surface area contributed by atoms with Gasteiger partial charge in [0.25, 0.3) is 0 Å². The van der Waals surface area contributed by atoms with Crippen molar-refractivity contribution < 1.29 is 9.53 Å². The molecule has 5 nitrogen and oxygen atoms in total. The molecular formula is C11H21N3O2. The summed E-state index contributed by atoms with van der Waals surface area (Å²) >= 11 is 0. The van der Waals surface area contributed by atoms with E-state index in [2.05, 4.69) is 20.4 Å². The molecule has 0 aromatic carbocycles. The minimum absolute atomic E-state index is 0.203. The van der Waals surface area contributed by atoms with Gasteiger partial charge < -0.3 is 15.4 Å². The first-order chi connectivity index (χ1) is 7.76. The first kappa shape index (κ1) is 12.8. The highest BCUT2D eigenvalue weighted by Gasteiger charge is 2.20. The first-order valence-corrected chi connectivity index (χ1v) is 5.85. The second-order valence-electron chi connectivity index (χ2n) is 3.92. The highest BCUT2D eigenvalue weighted by Crippen LogP contribution is 2.28. The third-order valence-electron chi connectivity index (χ3n) is 2.40. The smallest absolute Gasteiger partial charge is 0.307 e. The lowest BCUT2D eigenvalue weighted by Gasteiger charge is -2.10. The molecule has 0 saturated heterocycles. The van der Waals surface area contributed by atoms with E-state index in [0.29, 0.717) is 13.0 Å². The van der Waals surface area contributed by atoms with Crippen LogP contribution in [-0.2, 0) is 9.53 Å². The standard InChI is InChI=1S/C11H21N3O2/c1-3-12-11(14-8-9-4-5-9)13-7-6-10(15)16-2/h9H,3-8H2,1-2H3,(H2,12,13,14). The summed E-state index contributed by atoms with van der Waals surface area (Å²) < 4.78 is 4.56. The summed E-state index contributed by atoms with van der Waals surface area (Å²) in [6, 6.07) is 0. The number of carbonyl (C=O) groups is 1. The van der Waals surface area contributed by atoms with E-state index >= 15 is 0 Å². The SMILES string of the molecule is CCNC(=NCC1CC1)NCCC(=O)OC. The van der Waals surface area contributed by atoms with Crippen LogP contribution in [-0.4, -0.2) is 38.7 Å². The summed E-state index contributed by atoms with van der Waals surface area (Å²) in [6.45, 7) is 4.29. The lowest BCUT2D eigenvalue weighted by molar-refractivity contribution is -0.140. The van der Waals surface area contributed by atoms with Gasteiger partial charge in [-0.3, -0.25) is 9.79 Å². The third kappa shape index (κ3) is 5.58. The molecule has 0 aromatic heterocycles. The average molecular weight is 227 g/mol. The minimum Gasteiger partial charge on any atom is -0.469 e. The zero-order valence-electron chi connectivity index (χ0n) is 10.1. The molecule has 0 unspecified atom stereocenters. The molecular weight excluding hydrogens is 206 g/mol. The van der Waals surface area contributed by atoms with E-state index in [4.69, 9.17) is 0 Å². The van der Waals surface area contributed by atoms with Gasteiger partial charge in [0, 0.05) is 19.6 Å². The van der Waals surface area contributed by atoms with Crippen LogP contribution in [0.15, 0.2) is 4.99 Å². The second kappa shape index (κ2) is 7.09. The Bertz CT molecular complexity index is 250. The van der Waals surface area contributed by atoms with Crippen LogP contribution in [0.2, 0.25) is 0 Å². The Kier molecular flexibility index (Phi) is 5.67. The van der Waals surface area contributed by atoms with E-state index in [1.807, 2.05) is 6.92 Å². The molecule has 1 aliphatic rings. The maximum absolute atomic E-state index is 10.9. The molecule has 1 saturated carbocycles. The molecule has 0 bridgehead atoms. The van der Waals surface area contributed by atoms with E-state index in [9.17, 15) is 4.79 Å². The molecule has 0 atom stereocenters. The molecule has 5 heteroatoms. The van der Waals surface area contributed by atoms with Crippen molar-refractivity contribution in [2.45, 2.75) is 26.2 Å². The Labute approximate surface area is 96.7 Å². The van der Waals surface area contributed by atoms with Crippen molar-refractivity contribution in [3.63, 3.8) is 0 Å². The summed E-state index contributed by atoms with van der Waals surface area (Å²) in [7, 11) is 1.40. The predicted octanol–water partition coefficient (Wildman–Crippen LogP) is 0.515. The normalized spacial score (nSPS) is 15.8. The molecule has 1 rings (SSSR count). The van der Waals surface area contributed by atoms with Crippen LogP contribution in [0.5, 0.6) is 0 Å². The maximum atomic E-state index is 10.9. The maximum Gasteiger partial charge on any atom is 0.307 e. The van der Waals surface area contributed by atoms with E-state index in [0.717, 1.165) is 25.0 Å². The summed E-state index contributed by atoms with van der Waals surface area (Å²) in [5.41, 5.74) is 0. The number of guanidine groups is 1. The first-order valence-electron chi connectivity index (χ1n) is 5.85. The van der Waals surface area contributed by atoms with Crippen molar-refractivity contribution in [2.24, 2.45) is 10.9 Å². The van der Waals surface area contributed by atoms with Crippen molar-refractivity contribution in [2.75, 3.05) is 26.7 Å². The number of hydrogen-bond donors (Lipinski definition) is 2. The Morgan fingerprint density at radius 1 is 1.44 bits per heavy atom. The van der Waals surface area contributed by atoms with Crippen molar-refractivity contribution in [3.05, 3.63) is 0 Å². The van der Waals surface area contributed by atoms with Gasteiger partial charge in [-0.05, 0) is 25.7 Å². The van der Waals surface area contributed by atoms with Crippen molar-refractivity contribution in [3.8, 4) is 0 Å². The van der Waals surface area contributed by atoms with Crippen molar-refractivity contribution in [1.82, 2.24) is 10.6 Å². The highest BCUT2D eigenvalue weighted by molar-refractivity contribution is 5.80. The molecule has 1 fully saturated rings. The molecule has 1 aliphatic carbocycles. The minimum atomic E-state index is -0.203. The molecule has 0 spiro atoms. The van der Waals surface area contributed by atoms with Gasteiger partial charge in [0.05, 0.1) is 13.5 Å². The van der Waals surface area contributed by atoms with Crippen LogP contribution in [0.1, 0.15) is 26.2 Å². The Morgan fingerprint density at radius 3 is 2.75 bits per heavy atom. The highest BCUT2D eigenvalue weighted by atomic mass is 16.5. The average Bonchev–Trinajstić information content (AvgIpc) is 3.09. The Balaban J connectivity index is 2.20. The van der Waals surface area contributed by atoms with Crippen LogP contribution in [0, 0.1) is 5.92 Å². The number of carbonyl (C=O) groups excluding carboxylic acids is 1. The van der Waals surface area contributed by atoms with Crippen molar-refractivity contribution in [1.29, 1.82) is 0 Å². The zero-order valence-corrected chi connectivity index (χ0v) is 10.1. The molecule has 92 valence electrons. The largest absolute Gasteiger partial charge is 0.469 e. The van der Waals surface area contributed by atoms with Crippen LogP contribution in [0.25, 0.3) is 0 Å². The number of methoxy groups -OCH3 is 1. The van der Waals surface area contributed by atoms with Gasteiger partial charge in [0.15, 0.2) is 5.96 Å². The number of aliphatic imine (C=N–C) groups is 1. The number of esters is 1. The molecule has 2 N–H and O–H groups in total.